The van der Waals surface area contributed by atoms with Crippen LogP contribution in [0.15, 0.2) is 36.9 Å². The molecular weight excluding hydrogens is 306 g/mol. The van der Waals surface area contributed by atoms with Crippen molar-refractivity contribution in [3.63, 3.8) is 0 Å². The number of hydrogen-bond donors (Lipinski definition) is 0. The molecule has 0 aliphatic heterocycles. The zero-order chi connectivity index (χ0) is 17.1. The molecule has 122 valence electrons. The summed E-state index contributed by atoms with van der Waals surface area (Å²) in [6.07, 6.45) is 2.92. The zero-order valence-electron chi connectivity index (χ0n) is 13.7. The Kier molecular flexibility index (Phi) is 4.33. The molecule has 2 heterocycles. The number of carbonyl (C=O) groups excluding carboxylic acids is 1. The third-order valence-electron chi connectivity index (χ3n) is 3.51. The molecule has 3 rings (SSSR count). The Morgan fingerprint density at radius 3 is 2.54 bits per heavy atom. The Morgan fingerprint density at radius 1 is 1.17 bits per heavy atom. The van der Waals surface area contributed by atoms with E-state index in [4.69, 9.17) is 4.74 Å². The molecule has 0 aliphatic carbocycles. The predicted molar refractivity (Wildman–Crippen MR) is 87.8 cm³/mol. The second-order valence-electron chi connectivity index (χ2n) is 5.26. The van der Waals surface area contributed by atoms with Crippen molar-refractivity contribution in [3.05, 3.63) is 53.7 Å². The Morgan fingerprint density at radius 2 is 1.92 bits per heavy atom. The van der Waals surface area contributed by atoms with Gasteiger partial charge >= 0.3 is 5.97 Å². The molecule has 0 spiro atoms. The highest BCUT2D eigenvalue weighted by Gasteiger charge is 2.21. The molecular formula is C17H17N5O2. The first-order valence-electron chi connectivity index (χ1n) is 7.58. The van der Waals surface area contributed by atoms with E-state index in [0.29, 0.717) is 22.9 Å². The van der Waals surface area contributed by atoms with Gasteiger partial charge in [0.05, 0.1) is 18.0 Å². The summed E-state index contributed by atoms with van der Waals surface area (Å²) in [5, 5.41) is 4.05. The van der Waals surface area contributed by atoms with E-state index in [1.165, 1.54) is 17.3 Å². The lowest BCUT2D eigenvalue weighted by Gasteiger charge is -2.12. The van der Waals surface area contributed by atoms with Gasteiger partial charge in [0, 0.05) is 5.56 Å². The van der Waals surface area contributed by atoms with Gasteiger partial charge < -0.3 is 4.74 Å². The summed E-state index contributed by atoms with van der Waals surface area (Å²) in [7, 11) is 0. The quantitative estimate of drug-likeness (QED) is 0.686. The van der Waals surface area contributed by atoms with Crippen LogP contribution in [-0.4, -0.2) is 37.3 Å². The predicted octanol–water partition coefficient (Wildman–Crippen LogP) is 2.52. The van der Waals surface area contributed by atoms with Crippen molar-refractivity contribution >= 4 is 5.97 Å². The molecule has 7 nitrogen and oxygen atoms in total. The first-order valence-corrected chi connectivity index (χ1v) is 7.58. The van der Waals surface area contributed by atoms with Crippen molar-refractivity contribution in [2.24, 2.45) is 0 Å². The number of hydrogen-bond acceptors (Lipinski definition) is 6. The maximum Gasteiger partial charge on any atom is 0.342 e. The van der Waals surface area contributed by atoms with E-state index < -0.39 is 5.97 Å². The van der Waals surface area contributed by atoms with Crippen LogP contribution >= 0.6 is 0 Å². The third-order valence-corrected chi connectivity index (χ3v) is 3.51. The summed E-state index contributed by atoms with van der Waals surface area (Å²) in [5.74, 6) is -0.0793. The summed E-state index contributed by atoms with van der Waals surface area (Å²) >= 11 is 0. The molecule has 1 aromatic carbocycles. The first-order chi connectivity index (χ1) is 11.6. The van der Waals surface area contributed by atoms with E-state index in [-0.39, 0.29) is 6.61 Å². The lowest BCUT2D eigenvalue weighted by Crippen LogP contribution is -2.14. The van der Waals surface area contributed by atoms with E-state index in [2.05, 4.69) is 20.1 Å². The lowest BCUT2D eigenvalue weighted by molar-refractivity contribution is 0.0525. The van der Waals surface area contributed by atoms with Crippen molar-refractivity contribution in [3.8, 4) is 17.2 Å². The maximum atomic E-state index is 12.4. The van der Waals surface area contributed by atoms with Crippen molar-refractivity contribution in [1.82, 2.24) is 24.7 Å². The molecule has 0 fully saturated rings. The maximum absolute atomic E-state index is 12.4. The number of aryl methyl sites for hydroxylation is 2. The molecule has 0 radical (unpaired) electrons. The van der Waals surface area contributed by atoms with Crippen LogP contribution in [0.4, 0.5) is 0 Å². The smallest absolute Gasteiger partial charge is 0.342 e. The van der Waals surface area contributed by atoms with Crippen molar-refractivity contribution in [1.29, 1.82) is 0 Å². The Balaban J connectivity index is 2.21. The van der Waals surface area contributed by atoms with Crippen LogP contribution in [-0.2, 0) is 4.74 Å². The van der Waals surface area contributed by atoms with Crippen molar-refractivity contribution in [2.75, 3.05) is 6.61 Å². The van der Waals surface area contributed by atoms with Crippen LogP contribution in [0, 0.1) is 13.8 Å². The number of carbonyl (C=O) groups is 1. The van der Waals surface area contributed by atoms with Gasteiger partial charge in [-0.25, -0.2) is 19.7 Å². The summed E-state index contributed by atoms with van der Waals surface area (Å²) in [6, 6.07) is 7.78. The second-order valence-corrected chi connectivity index (χ2v) is 5.26. The van der Waals surface area contributed by atoms with Gasteiger partial charge in [0.15, 0.2) is 0 Å². The van der Waals surface area contributed by atoms with Crippen LogP contribution in [0.25, 0.3) is 17.2 Å². The number of benzene rings is 1. The lowest BCUT2D eigenvalue weighted by atomic mass is 10.0. The van der Waals surface area contributed by atoms with Gasteiger partial charge in [0.25, 0.3) is 5.95 Å². The number of ether oxygens (including phenoxy) is 1. The highest BCUT2D eigenvalue weighted by molar-refractivity contribution is 5.97. The van der Waals surface area contributed by atoms with Crippen molar-refractivity contribution in [2.45, 2.75) is 20.8 Å². The van der Waals surface area contributed by atoms with E-state index in [1.807, 2.05) is 31.2 Å². The summed E-state index contributed by atoms with van der Waals surface area (Å²) in [6.45, 7) is 5.81. The molecule has 0 atom stereocenters. The van der Waals surface area contributed by atoms with E-state index >= 15 is 0 Å². The van der Waals surface area contributed by atoms with Gasteiger partial charge in [-0.3, -0.25) is 0 Å². The monoisotopic (exact) mass is 323 g/mol. The first kappa shape index (κ1) is 15.8. The minimum absolute atomic E-state index is 0.288. The Hall–Kier alpha value is -3.09. The average molecular weight is 323 g/mol. The van der Waals surface area contributed by atoms with Gasteiger partial charge in [-0.15, -0.1) is 0 Å². The third kappa shape index (κ3) is 3.01. The summed E-state index contributed by atoms with van der Waals surface area (Å²) in [5.41, 5.74) is 3.36. The molecule has 0 amide bonds. The summed E-state index contributed by atoms with van der Waals surface area (Å²) in [4.78, 5) is 25.2. The SMILES string of the molecule is CCOC(=O)c1c(C)nc(-n2cncn2)nc1-c1ccc(C)cc1. The zero-order valence-corrected chi connectivity index (χ0v) is 13.7. The van der Waals surface area contributed by atoms with Gasteiger partial charge in [-0.2, -0.15) is 9.78 Å². The van der Waals surface area contributed by atoms with Crippen LogP contribution < -0.4 is 0 Å². The number of nitrogens with zero attached hydrogens (tertiary/aromatic N) is 5. The fourth-order valence-electron chi connectivity index (χ4n) is 2.34. The second kappa shape index (κ2) is 6.57. The number of aromatic nitrogens is 5. The highest BCUT2D eigenvalue weighted by atomic mass is 16.5. The highest BCUT2D eigenvalue weighted by Crippen LogP contribution is 2.25. The minimum atomic E-state index is -0.435. The molecule has 24 heavy (non-hydrogen) atoms. The molecule has 0 saturated heterocycles. The molecule has 0 unspecified atom stereocenters. The Labute approximate surface area is 139 Å². The molecule has 2 aromatic heterocycles. The normalized spacial score (nSPS) is 10.6. The molecule has 0 N–H and O–H groups in total. The molecule has 0 bridgehead atoms. The molecule has 3 aromatic rings. The minimum Gasteiger partial charge on any atom is -0.462 e. The van der Waals surface area contributed by atoms with Crippen LogP contribution in [0.1, 0.15) is 28.5 Å². The van der Waals surface area contributed by atoms with Crippen LogP contribution in [0.2, 0.25) is 0 Å². The number of esters is 1. The topological polar surface area (TPSA) is 82.8 Å². The van der Waals surface area contributed by atoms with Gasteiger partial charge in [0.1, 0.15) is 18.2 Å². The Bertz CT molecular complexity index is 857. The number of rotatable bonds is 4. The van der Waals surface area contributed by atoms with E-state index in [1.54, 1.807) is 13.8 Å². The molecule has 7 heteroatoms. The molecule has 0 aliphatic rings. The fraction of sp³-hybridized carbons (Fsp3) is 0.235. The fourth-order valence-corrected chi connectivity index (χ4v) is 2.34. The average Bonchev–Trinajstić information content (AvgIpc) is 3.09. The van der Waals surface area contributed by atoms with Crippen molar-refractivity contribution < 1.29 is 9.53 Å². The van der Waals surface area contributed by atoms with Crippen LogP contribution in [0.3, 0.4) is 0 Å². The standard InChI is InChI=1S/C17H17N5O2/c1-4-24-16(23)14-12(3)20-17(22-10-18-9-19-22)21-15(14)13-7-5-11(2)6-8-13/h5-10H,4H2,1-3H3. The van der Waals surface area contributed by atoms with E-state index in [9.17, 15) is 4.79 Å². The molecule has 0 saturated carbocycles. The van der Waals surface area contributed by atoms with Gasteiger partial charge in [0.2, 0.25) is 0 Å². The summed E-state index contributed by atoms with van der Waals surface area (Å²) < 4.78 is 6.63. The largest absolute Gasteiger partial charge is 0.462 e. The van der Waals surface area contributed by atoms with Crippen LogP contribution in [0.5, 0.6) is 0 Å². The van der Waals surface area contributed by atoms with Gasteiger partial charge in [-0.1, -0.05) is 29.8 Å². The van der Waals surface area contributed by atoms with E-state index in [0.717, 1.165) is 11.1 Å². The van der Waals surface area contributed by atoms with Gasteiger partial charge in [-0.05, 0) is 20.8 Å².